The van der Waals surface area contributed by atoms with Crippen LogP contribution < -0.4 is 0 Å². The molecular formula is C7H13BO4. The molecule has 0 saturated carbocycles. The first-order chi connectivity index (χ1) is 5.58. The van der Waals surface area contributed by atoms with Gasteiger partial charge in [0, 0.05) is 6.61 Å². The van der Waals surface area contributed by atoms with Gasteiger partial charge in [-0.3, -0.25) is 0 Å². The quantitative estimate of drug-likeness (QED) is 0.438. The number of hydrogen-bond acceptors (Lipinski definition) is 4. The number of rotatable bonds is 3. The van der Waals surface area contributed by atoms with E-state index in [1.165, 1.54) is 0 Å². The second kappa shape index (κ2) is 4.23. The van der Waals surface area contributed by atoms with E-state index in [1.807, 2.05) is 0 Å². The van der Waals surface area contributed by atoms with Crippen molar-refractivity contribution >= 4 is 7.85 Å². The summed E-state index contributed by atoms with van der Waals surface area (Å²) in [4.78, 5) is 0. The number of hydrogen-bond donors (Lipinski definition) is 2. The van der Waals surface area contributed by atoms with Crippen molar-refractivity contribution in [2.24, 2.45) is 0 Å². The topological polar surface area (TPSA) is 58.9 Å². The van der Waals surface area contributed by atoms with Crippen molar-refractivity contribution in [3.05, 3.63) is 0 Å². The summed E-state index contributed by atoms with van der Waals surface area (Å²) in [6.07, 6.45) is 2.53. The van der Waals surface area contributed by atoms with Crippen LogP contribution in [0.1, 0.15) is 19.3 Å². The van der Waals surface area contributed by atoms with E-state index in [0.29, 0.717) is 6.61 Å². The van der Waals surface area contributed by atoms with Gasteiger partial charge in [0.05, 0.1) is 6.61 Å². The predicted molar refractivity (Wildman–Crippen MR) is 42.5 cm³/mol. The molecule has 0 aromatic heterocycles. The van der Waals surface area contributed by atoms with Crippen molar-refractivity contribution in [2.45, 2.75) is 31.2 Å². The van der Waals surface area contributed by atoms with Crippen LogP contribution >= 0.6 is 0 Å². The first-order valence-corrected chi connectivity index (χ1v) is 4.05. The third-order valence-corrected chi connectivity index (χ3v) is 1.62. The summed E-state index contributed by atoms with van der Waals surface area (Å²) in [6.45, 7) is 0.344. The molecule has 1 fully saturated rings. The Morgan fingerprint density at radius 1 is 1.50 bits per heavy atom. The maximum Gasteiger partial charge on any atom is 0.157 e. The maximum absolute atomic E-state index is 8.70. The smallest absolute Gasteiger partial charge is 0.157 e. The fourth-order valence-electron chi connectivity index (χ4n) is 1.06. The second-order valence-corrected chi connectivity index (χ2v) is 2.99. The highest BCUT2D eigenvalue weighted by Crippen LogP contribution is 2.14. The molecule has 1 saturated heterocycles. The van der Waals surface area contributed by atoms with Gasteiger partial charge in [-0.2, -0.15) is 0 Å². The average Bonchev–Trinajstić information content (AvgIpc) is 2.02. The van der Waals surface area contributed by atoms with Crippen LogP contribution in [0, 0.1) is 0 Å². The Morgan fingerprint density at radius 2 is 2.25 bits per heavy atom. The summed E-state index contributed by atoms with van der Waals surface area (Å²) < 4.78 is 10.2. The lowest BCUT2D eigenvalue weighted by molar-refractivity contribution is -0.214. The predicted octanol–water partition coefficient (Wildman–Crippen LogP) is -0.664. The molecule has 1 rings (SSSR count). The third kappa shape index (κ3) is 4.06. The fourth-order valence-corrected chi connectivity index (χ4v) is 1.06. The minimum absolute atomic E-state index is 0.322. The molecule has 1 unspecified atom stereocenters. The van der Waals surface area contributed by atoms with Crippen molar-refractivity contribution in [1.82, 2.24) is 0 Å². The first-order valence-electron chi connectivity index (χ1n) is 4.05. The molecule has 1 atom stereocenters. The van der Waals surface area contributed by atoms with Gasteiger partial charge in [0.1, 0.15) is 5.69 Å². The second-order valence-electron chi connectivity index (χ2n) is 2.99. The molecule has 1 heterocycles. The molecular weight excluding hydrogens is 159 g/mol. The molecule has 2 radical (unpaired) electrons. The van der Waals surface area contributed by atoms with Crippen LogP contribution in [-0.2, 0) is 9.47 Å². The van der Waals surface area contributed by atoms with E-state index in [2.05, 4.69) is 0 Å². The number of ether oxygens (including phenoxy) is 2. The summed E-state index contributed by atoms with van der Waals surface area (Å²) in [6, 6.07) is 0. The van der Waals surface area contributed by atoms with Crippen molar-refractivity contribution in [2.75, 3.05) is 13.2 Å². The van der Waals surface area contributed by atoms with Gasteiger partial charge in [-0.1, -0.05) is 0 Å². The summed E-state index contributed by atoms with van der Waals surface area (Å²) in [5, 5.41) is 17.4. The van der Waals surface area contributed by atoms with Crippen molar-refractivity contribution in [3.8, 4) is 0 Å². The van der Waals surface area contributed by atoms with E-state index < -0.39 is 5.69 Å². The Balaban J connectivity index is 2.13. The van der Waals surface area contributed by atoms with Gasteiger partial charge in [0.2, 0.25) is 0 Å². The van der Waals surface area contributed by atoms with Gasteiger partial charge in [0.15, 0.2) is 14.1 Å². The highest BCUT2D eigenvalue weighted by Gasteiger charge is 2.20. The van der Waals surface area contributed by atoms with Crippen molar-refractivity contribution in [1.29, 1.82) is 0 Å². The molecule has 1 aliphatic rings. The zero-order valence-corrected chi connectivity index (χ0v) is 6.90. The molecule has 12 heavy (non-hydrogen) atoms. The van der Waals surface area contributed by atoms with Gasteiger partial charge in [-0.05, 0) is 19.3 Å². The molecule has 0 spiro atoms. The van der Waals surface area contributed by atoms with Crippen LogP contribution in [-0.4, -0.2) is 43.2 Å². The Hall–Kier alpha value is -0.0951. The van der Waals surface area contributed by atoms with Crippen LogP contribution in [0.2, 0.25) is 0 Å². The molecule has 0 amide bonds. The average molecular weight is 172 g/mol. The van der Waals surface area contributed by atoms with Crippen LogP contribution in [0.3, 0.4) is 0 Å². The normalized spacial score (nSPS) is 25.7. The van der Waals surface area contributed by atoms with E-state index >= 15 is 0 Å². The van der Waals surface area contributed by atoms with Gasteiger partial charge in [0.25, 0.3) is 0 Å². The van der Waals surface area contributed by atoms with E-state index in [0.717, 1.165) is 19.3 Å². The SMILES string of the molecule is [B]C(O)(O)COC1CCCCO1. The Labute approximate surface area is 72.9 Å². The lowest BCUT2D eigenvalue weighted by Gasteiger charge is -2.25. The molecule has 4 nitrogen and oxygen atoms in total. The summed E-state index contributed by atoms with van der Waals surface area (Å²) in [5.41, 5.74) is -2.25. The van der Waals surface area contributed by atoms with Gasteiger partial charge in [-0.25, -0.2) is 0 Å². The van der Waals surface area contributed by atoms with E-state index in [4.69, 9.17) is 27.5 Å². The van der Waals surface area contributed by atoms with Crippen LogP contribution in [0.4, 0.5) is 0 Å². The largest absolute Gasteiger partial charge is 0.373 e. The highest BCUT2D eigenvalue weighted by molar-refractivity contribution is 6.13. The van der Waals surface area contributed by atoms with Crippen LogP contribution in [0.25, 0.3) is 0 Å². The Bertz CT molecular complexity index is 128. The molecule has 68 valence electrons. The van der Waals surface area contributed by atoms with E-state index in [-0.39, 0.29) is 12.9 Å². The highest BCUT2D eigenvalue weighted by atomic mass is 16.7. The van der Waals surface area contributed by atoms with Crippen LogP contribution in [0.5, 0.6) is 0 Å². The molecule has 0 aliphatic carbocycles. The molecule has 2 N–H and O–H groups in total. The molecule has 0 aromatic carbocycles. The molecule has 0 bridgehead atoms. The summed E-state index contributed by atoms with van der Waals surface area (Å²) in [5.74, 6) is 0. The standard InChI is InChI=1S/C7H13BO4/c8-7(9,10)5-12-6-3-1-2-4-11-6/h6,9-10H,1-5H2. The van der Waals surface area contributed by atoms with Crippen LogP contribution in [0.15, 0.2) is 0 Å². The van der Waals surface area contributed by atoms with Gasteiger partial charge in [-0.15, -0.1) is 0 Å². The lowest BCUT2D eigenvalue weighted by atomic mass is 9.96. The first kappa shape index (κ1) is 9.99. The van der Waals surface area contributed by atoms with Crippen molar-refractivity contribution in [3.63, 3.8) is 0 Å². The van der Waals surface area contributed by atoms with Gasteiger partial charge < -0.3 is 19.7 Å². The minimum Gasteiger partial charge on any atom is -0.373 e. The molecule has 1 aliphatic heterocycles. The Morgan fingerprint density at radius 3 is 2.75 bits per heavy atom. The third-order valence-electron chi connectivity index (χ3n) is 1.62. The fraction of sp³-hybridized carbons (Fsp3) is 1.00. The summed E-state index contributed by atoms with van der Waals surface area (Å²) in [7, 11) is 4.88. The molecule has 0 aromatic rings. The minimum atomic E-state index is -2.25. The van der Waals surface area contributed by atoms with E-state index in [1.54, 1.807) is 0 Å². The van der Waals surface area contributed by atoms with Crippen molar-refractivity contribution < 1.29 is 19.7 Å². The molecule has 5 heteroatoms. The zero-order chi connectivity index (χ0) is 9.03. The zero-order valence-electron chi connectivity index (χ0n) is 6.90. The lowest BCUT2D eigenvalue weighted by Crippen LogP contribution is -2.37. The van der Waals surface area contributed by atoms with Gasteiger partial charge >= 0.3 is 0 Å². The maximum atomic E-state index is 8.70. The number of aliphatic hydroxyl groups is 2. The monoisotopic (exact) mass is 172 g/mol. The van der Waals surface area contributed by atoms with E-state index in [9.17, 15) is 0 Å². The summed E-state index contributed by atoms with van der Waals surface area (Å²) >= 11 is 0. The Kier molecular flexibility index (Phi) is 3.52.